The molecule has 4 rings (SSSR count). The summed E-state index contributed by atoms with van der Waals surface area (Å²) in [5.74, 6) is 0.453. The summed E-state index contributed by atoms with van der Waals surface area (Å²) in [6.45, 7) is 0.419. The Labute approximate surface area is 159 Å². The number of amides is 1. The number of hydrogen-bond acceptors (Lipinski definition) is 5. The van der Waals surface area contributed by atoms with Crippen LogP contribution in [0, 0.1) is 5.82 Å². The molecule has 6 nitrogen and oxygen atoms in total. The average molecular weight is 388 g/mol. The van der Waals surface area contributed by atoms with Crippen LogP contribution in [0.25, 0.3) is 11.4 Å². The van der Waals surface area contributed by atoms with Crippen LogP contribution in [0.3, 0.4) is 0 Å². The van der Waals surface area contributed by atoms with E-state index in [1.54, 1.807) is 24.1 Å². The maximum atomic E-state index is 13.6. The molecule has 1 atom stereocenters. The Hall–Kier alpha value is -2.93. The minimum absolute atomic E-state index is 0.0257. The van der Waals surface area contributed by atoms with Gasteiger partial charge in [0.25, 0.3) is 0 Å². The van der Waals surface area contributed by atoms with E-state index < -0.39 is 5.82 Å². The lowest BCUT2D eigenvalue weighted by Crippen LogP contribution is -2.24. The molecule has 1 aliphatic heterocycles. The standard InChI is InChI=1S/C19H15ClFN3O3/c1-26-14-4-2-3-13(9-14)24-10-12(8-17(24)25)19-22-18(23-27-19)11-5-6-15(20)16(21)7-11/h2-7,9,12H,8,10H2,1H3. The molecule has 0 bridgehead atoms. The van der Waals surface area contributed by atoms with Crippen LogP contribution in [-0.2, 0) is 4.79 Å². The monoisotopic (exact) mass is 387 g/mol. The average Bonchev–Trinajstić information content (AvgIpc) is 3.31. The molecule has 8 heteroatoms. The minimum Gasteiger partial charge on any atom is -0.497 e. The van der Waals surface area contributed by atoms with Crippen molar-refractivity contribution in [3.8, 4) is 17.1 Å². The lowest BCUT2D eigenvalue weighted by Gasteiger charge is -2.16. The summed E-state index contributed by atoms with van der Waals surface area (Å²) in [6, 6.07) is 11.6. The molecule has 0 spiro atoms. The van der Waals surface area contributed by atoms with Gasteiger partial charge in [-0.3, -0.25) is 4.79 Å². The number of carbonyl (C=O) groups is 1. The number of aromatic nitrogens is 2. The van der Waals surface area contributed by atoms with E-state index in [9.17, 15) is 9.18 Å². The van der Waals surface area contributed by atoms with Crippen LogP contribution >= 0.6 is 11.6 Å². The SMILES string of the molecule is COc1cccc(N2CC(c3nc(-c4ccc(Cl)c(F)c4)no3)CC2=O)c1. The number of nitrogens with zero attached hydrogens (tertiary/aromatic N) is 3. The fraction of sp³-hybridized carbons (Fsp3) is 0.211. The second kappa shape index (κ2) is 7.00. The Morgan fingerprint density at radius 2 is 2.15 bits per heavy atom. The number of anilines is 1. The number of hydrogen-bond donors (Lipinski definition) is 0. The van der Waals surface area contributed by atoms with Gasteiger partial charge in [-0.1, -0.05) is 22.8 Å². The van der Waals surface area contributed by atoms with E-state index in [2.05, 4.69) is 10.1 Å². The maximum absolute atomic E-state index is 13.6. The van der Waals surface area contributed by atoms with Gasteiger partial charge in [-0.15, -0.1) is 0 Å². The molecule has 27 heavy (non-hydrogen) atoms. The van der Waals surface area contributed by atoms with Crippen molar-refractivity contribution in [2.24, 2.45) is 0 Å². The number of carbonyl (C=O) groups excluding carboxylic acids is 1. The topological polar surface area (TPSA) is 68.5 Å². The third-order valence-electron chi connectivity index (χ3n) is 4.46. The first-order valence-corrected chi connectivity index (χ1v) is 8.66. The quantitative estimate of drug-likeness (QED) is 0.675. The summed E-state index contributed by atoms with van der Waals surface area (Å²) in [5.41, 5.74) is 1.21. The summed E-state index contributed by atoms with van der Waals surface area (Å²) < 4.78 is 24.2. The summed E-state index contributed by atoms with van der Waals surface area (Å²) in [6.07, 6.45) is 0.258. The van der Waals surface area contributed by atoms with Crippen LogP contribution in [0.4, 0.5) is 10.1 Å². The second-order valence-corrected chi connectivity index (χ2v) is 6.60. The highest BCUT2D eigenvalue weighted by Gasteiger charge is 2.35. The molecule has 138 valence electrons. The van der Waals surface area contributed by atoms with Gasteiger partial charge in [-0.25, -0.2) is 4.39 Å². The lowest BCUT2D eigenvalue weighted by molar-refractivity contribution is -0.117. The fourth-order valence-electron chi connectivity index (χ4n) is 3.05. The van der Waals surface area contributed by atoms with E-state index in [1.165, 1.54) is 12.1 Å². The Bertz CT molecular complexity index is 1010. The van der Waals surface area contributed by atoms with Crippen molar-refractivity contribution in [3.05, 3.63) is 59.2 Å². The van der Waals surface area contributed by atoms with E-state index in [0.29, 0.717) is 23.7 Å². The van der Waals surface area contributed by atoms with Crippen LogP contribution in [-0.4, -0.2) is 29.7 Å². The van der Waals surface area contributed by atoms with Crippen molar-refractivity contribution in [2.75, 3.05) is 18.6 Å². The number of benzene rings is 2. The van der Waals surface area contributed by atoms with Crippen molar-refractivity contribution in [1.82, 2.24) is 10.1 Å². The van der Waals surface area contributed by atoms with Gasteiger partial charge in [0.1, 0.15) is 11.6 Å². The van der Waals surface area contributed by atoms with Gasteiger partial charge in [0.05, 0.1) is 18.1 Å². The third kappa shape index (κ3) is 3.38. The Kier molecular flexibility index (Phi) is 4.53. The predicted octanol–water partition coefficient (Wildman–Crippen LogP) is 4.06. The fourth-order valence-corrected chi connectivity index (χ4v) is 3.17. The zero-order valence-corrected chi connectivity index (χ0v) is 15.1. The number of ether oxygens (including phenoxy) is 1. The summed E-state index contributed by atoms with van der Waals surface area (Å²) in [4.78, 5) is 18.5. The van der Waals surface area contributed by atoms with Gasteiger partial charge in [0.2, 0.25) is 17.6 Å². The highest BCUT2D eigenvalue weighted by molar-refractivity contribution is 6.30. The first-order valence-electron chi connectivity index (χ1n) is 8.28. The molecule has 1 amide bonds. The van der Waals surface area contributed by atoms with E-state index >= 15 is 0 Å². The molecule has 3 aromatic rings. The maximum Gasteiger partial charge on any atom is 0.232 e. The Balaban J connectivity index is 1.55. The van der Waals surface area contributed by atoms with Crippen LogP contribution < -0.4 is 9.64 Å². The molecule has 0 aliphatic carbocycles. The van der Waals surface area contributed by atoms with Crippen molar-refractivity contribution >= 4 is 23.2 Å². The van der Waals surface area contributed by atoms with Gasteiger partial charge in [0.15, 0.2) is 0 Å². The summed E-state index contributed by atoms with van der Waals surface area (Å²) in [5, 5.41) is 3.93. The molecule has 1 fully saturated rings. The molecule has 2 aromatic carbocycles. The van der Waals surface area contributed by atoms with E-state index in [4.69, 9.17) is 20.9 Å². The van der Waals surface area contributed by atoms with E-state index in [0.717, 1.165) is 5.69 Å². The van der Waals surface area contributed by atoms with Crippen molar-refractivity contribution in [1.29, 1.82) is 0 Å². The van der Waals surface area contributed by atoms with Crippen LogP contribution in [0.2, 0.25) is 5.02 Å². The first kappa shape index (κ1) is 17.5. The Morgan fingerprint density at radius 3 is 2.93 bits per heavy atom. The molecule has 1 aliphatic rings. The number of rotatable bonds is 4. The van der Waals surface area contributed by atoms with Gasteiger partial charge in [-0.05, 0) is 30.3 Å². The molecule has 1 saturated heterocycles. The van der Waals surface area contributed by atoms with Gasteiger partial charge >= 0.3 is 0 Å². The van der Waals surface area contributed by atoms with E-state index in [1.807, 2.05) is 18.2 Å². The van der Waals surface area contributed by atoms with Gasteiger partial charge in [-0.2, -0.15) is 4.98 Å². The summed E-state index contributed by atoms with van der Waals surface area (Å²) in [7, 11) is 1.58. The van der Waals surface area contributed by atoms with Crippen molar-refractivity contribution in [2.45, 2.75) is 12.3 Å². The predicted molar refractivity (Wildman–Crippen MR) is 97.4 cm³/mol. The number of halogens is 2. The molecular formula is C19H15ClFN3O3. The summed E-state index contributed by atoms with van der Waals surface area (Å²) >= 11 is 5.70. The largest absolute Gasteiger partial charge is 0.497 e. The zero-order valence-electron chi connectivity index (χ0n) is 14.4. The van der Waals surface area contributed by atoms with Gasteiger partial charge in [0, 0.05) is 30.3 Å². The lowest BCUT2D eigenvalue weighted by atomic mass is 10.1. The minimum atomic E-state index is -0.555. The normalized spacial score (nSPS) is 16.8. The molecular weight excluding hydrogens is 373 g/mol. The molecule has 2 heterocycles. The van der Waals surface area contributed by atoms with Crippen LogP contribution in [0.15, 0.2) is 47.0 Å². The second-order valence-electron chi connectivity index (χ2n) is 6.19. The highest BCUT2D eigenvalue weighted by Crippen LogP contribution is 2.33. The zero-order chi connectivity index (χ0) is 19.0. The molecule has 0 radical (unpaired) electrons. The third-order valence-corrected chi connectivity index (χ3v) is 4.77. The van der Waals surface area contributed by atoms with Crippen molar-refractivity contribution in [3.63, 3.8) is 0 Å². The number of methoxy groups -OCH3 is 1. The van der Waals surface area contributed by atoms with Gasteiger partial charge < -0.3 is 14.2 Å². The molecule has 0 N–H and O–H groups in total. The van der Waals surface area contributed by atoms with Crippen LogP contribution in [0.1, 0.15) is 18.2 Å². The highest BCUT2D eigenvalue weighted by atomic mass is 35.5. The Morgan fingerprint density at radius 1 is 1.30 bits per heavy atom. The molecule has 1 aromatic heterocycles. The van der Waals surface area contributed by atoms with E-state index in [-0.39, 0.29) is 29.1 Å². The smallest absolute Gasteiger partial charge is 0.232 e. The first-order chi connectivity index (χ1) is 13.0. The molecule has 1 unspecified atom stereocenters. The van der Waals surface area contributed by atoms with Crippen LogP contribution in [0.5, 0.6) is 5.75 Å². The molecule has 0 saturated carbocycles. The van der Waals surface area contributed by atoms with Crippen molar-refractivity contribution < 1.29 is 18.4 Å².